The fraction of sp³-hybridized carbons (Fsp3) is 0.800. The van der Waals surface area contributed by atoms with Crippen LogP contribution in [0.4, 0.5) is 0 Å². The fourth-order valence-corrected chi connectivity index (χ4v) is 0.832. The number of rotatable bonds is 0. The number of hydrogen-bond acceptors (Lipinski definition) is 3. The average molecular weight is 147 g/mol. The SMILES string of the molecule is O=C1NCCOCC1S. The Morgan fingerprint density at radius 1 is 1.78 bits per heavy atom. The first-order valence-electron chi connectivity index (χ1n) is 2.84. The van der Waals surface area contributed by atoms with Gasteiger partial charge in [-0.3, -0.25) is 4.79 Å². The number of amides is 1. The maximum absolute atomic E-state index is 10.7. The number of nitrogens with one attached hydrogen (secondary N) is 1. The molecule has 1 rings (SSSR count). The van der Waals surface area contributed by atoms with Gasteiger partial charge in [0.1, 0.15) is 5.25 Å². The summed E-state index contributed by atoms with van der Waals surface area (Å²) >= 11 is 3.99. The lowest BCUT2D eigenvalue weighted by molar-refractivity contribution is -0.120. The third-order valence-corrected chi connectivity index (χ3v) is 1.51. The zero-order chi connectivity index (χ0) is 6.69. The van der Waals surface area contributed by atoms with E-state index < -0.39 is 0 Å². The minimum absolute atomic E-state index is 0.0316. The molecule has 4 heteroatoms. The van der Waals surface area contributed by atoms with Crippen molar-refractivity contribution in [3.05, 3.63) is 0 Å². The molecule has 1 aliphatic rings. The Balaban J connectivity index is 2.41. The molecule has 1 N–H and O–H groups in total. The molecule has 0 spiro atoms. The van der Waals surface area contributed by atoms with Gasteiger partial charge in [0.05, 0.1) is 13.2 Å². The summed E-state index contributed by atoms with van der Waals surface area (Å²) in [6.07, 6.45) is 0. The number of hydrogen-bond donors (Lipinski definition) is 2. The summed E-state index contributed by atoms with van der Waals surface area (Å²) in [6.45, 7) is 1.63. The Labute approximate surface area is 59.2 Å². The molecule has 0 aromatic heterocycles. The molecule has 1 saturated heterocycles. The largest absolute Gasteiger partial charge is 0.378 e. The maximum Gasteiger partial charge on any atom is 0.235 e. The van der Waals surface area contributed by atoms with Gasteiger partial charge in [0.15, 0.2) is 0 Å². The van der Waals surface area contributed by atoms with E-state index in [1.54, 1.807) is 0 Å². The highest BCUT2D eigenvalue weighted by Gasteiger charge is 2.15. The normalized spacial score (nSPS) is 29.0. The van der Waals surface area contributed by atoms with E-state index >= 15 is 0 Å². The van der Waals surface area contributed by atoms with E-state index in [0.29, 0.717) is 19.8 Å². The highest BCUT2D eigenvalue weighted by molar-refractivity contribution is 7.81. The van der Waals surface area contributed by atoms with Gasteiger partial charge < -0.3 is 10.1 Å². The molecule has 0 saturated carbocycles. The van der Waals surface area contributed by atoms with Crippen molar-refractivity contribution in [3.8, 4) is 0 Å². The Morgan fingerprint density at radius 2 is 2.56 bits per heavy atom. The van der Waals surface area contributed by atoms with Crippen LogP contribution >= 0.6 is 12.6 Å². The van der Waals surface area contributed by atoms with E-state index in [1.165, 1.54) is 0 Å². The van der Waals surface area contributed by atoms with E-state index in [0.717, 1.165) is 0 Å². The lowest BCUT2D eigenvalue weighted by Crippen LogP contribution is -2.31. The smallest absolute Gasteiger partial charge is 0.235 e. The predicted molar refractivity (Wildman–Crippen MR) is 36.6 cm³/mol. The maximum atomic E-state index is 10.7. The van der Waals surface area contributed by atoms with Crippen LogP contribution in [0.15, 0.2) is 0 Å². The fourth-order valence-electron chi connectivity index (χ4n) is 0.635. The summed E-state index contributed by atoms with van der Waals surface area (Å²) in [7, 11) is 0. The van der Waals surface area contributed by atoms with Crippen molar-refractivity contribution >= 4 is 18.5 Å². The van der Waals surface area contributed by atoms with Crippen molar-refractivity contribution in [1.29, 1.82) is 0 Å². The molecule has 9 heavy (non-hydrogen) atoms. The highest BCUT2D eigenvalue weighted by Crippen LogP contribution is 1.98. The lowest BCUT2D eigenvalue weighted by atomic mass is 10.4. The second-order valence-electron chi connectivity index (χ2n) is 1.88. The van der Waals surface area contributed by atoms with Crippen LogP contribution < -0.4 is 5.32 Å². The quantitative estimate of drug-likeness (QED) is 0.450. The molecule has 1 atom stereocenters. The molecule has 0 bridgehead atoms. The van der Waals surface area contributed by atoms with Gasteiger partial charge in [0, 0.05) is 6.54 Å². The van der Waals surface area contributed by atoms with Crippen LogP contribution in [0.3, 0.4) is 0 Å². The van der Waals surface area contributed by atoms with E-state index in [-0.39, 0.29) is 11.2 Å². The molecule has 3 nitrogen and oxygen atoms in total. The first kappa shape index (κ1) is 6.89. The topological polar surface area (TPSA) is 38.3 Å². The standard InChI is InChI=1S/C5H9NO2S/c7-5-4(9)3-8-2-1-6-5/h4,9H,1-3H2,(H,6,7). The Hall–Kier alpha value is -0.220. The molecule has 1 unspecified atom stereocenters. The van der Waals surface area contributed by atoms with Crippen molar-refractivity contribution in [1.82, 2.24) is 5.32 Å². The first-order valence-corrected chi connectivity index (χ1v) is 3.36. The highest BCUT2D eigenvalue weighted by atomic mass is 32.1. The van der Waals surface area contributed by atoms with Crippen LogP contribution in [0.1, 0.15) is 0 Å². The van der Waals surface area contributed by atoms with Crippen molar-refractivity contribution < 1.29 is 9.53 Å². The van der Waals surface area contributed by atoms with Gasteiger partial charge in [-0.15, -0.1) is 0 Å². The van der Waals surface area contributed by atoms with Crippen LogP contribution in [0.25, 0.3) is 0 Å². The van der Waals surface area contributed by atoms with E-state index in [2.05, 4.69) is 17.9 Å². The third-order valence-electron chi connectivity index (χ3n) is 1.12. The molecule has 52 valence electrons. The number of carbonyl (C=O) groups is 1. The van der Waals surface area contributed by atoms with Crippen LogP contribution in [0.5, 0.6) is 0 Å². The summed E-state index contributed by atoms with van der Waals surface area (Å²) in [5, 5.41) is 2.37. The van der Waals surface area contributed by atoms with Crippen LogP contribution in [0, 0.1) is 0 Å². The average Bonchev–Trinajstić information content (AvgIpc) is 1.99. The third kappa shape index (κ3) is 1.87. The van der Waals surface area contributed by atoms with Gasteiger partial charge in [-0.25, -0.2) is 0 Å². The summed E-state index contributed by atoms with van der Waals surface area (Å²) in [5.74, 6) is -0.0316. The summed E-state index contributed by atoms with van der Waals surface area (Å²) in [5.41, 5.74) is 0. The van der Waals surface area contributed by atoms with Crippen LogP contribution in [-0.4, -0.2) is 30.9 Å². The second-order valence-corrected chi connectivity index (χ2v) is 2.51. The molecule has 0 aliphatic carbocycles. The van der Waals surface area contributed by atoms with Gasteiger partial charge in [0.25, 0.3) is 0 Å². The second kappa shape index (κ2) is 3.08. The molecule has 1 amide bonds. The lowest BCUT2D eigenvalue weighted by Gasteiger charge is -2.02. The molecule has 0 radical (unpaired) electrons. The van der Waals surface area contributed by atoms with Crippen LogP contribution in [-0.2, 0) is 9.53 Å². The minimum atomic E-state index is -0.285. The van der Waals surface area contributed by atoms with Gasteiger partial charge >= 0.3 is 0 Å². The summed E-state index contributed by atoms with van der Waals surface area (Å²) in [6, 6.07) is 0. The molecule has 1 heterocycles. The van der Waals surface area contributed by atoms with Crippen LogP contribution in [0.2, 0.25) is 0 Å². The molecular formula is C5H9NO2S. The van der Waals surface area contributed by atoms with Crippen molar-refractivity contribution in [2.45, 2.75) is 5.25 Å². The zero-order valence-corrected chi connectivity index (χ0v) is 5.86. The Kier molecular flexibility index (Phi) is 2.36. The molecular weight excluding hydrogens is 138 g/mol. The van der Waals surface area contributed by atoms with Gasteiger partial charge in [-0.05, 0) is 0 Å². The zero-order valence-electron chi connectivity index (χ0n) is 4.96. The molecule has 0 aromatic rings. The summed E-state index contributed by atoms with van der Waals surface area (Å²) in [4.78, 5) is 10.7. The van der Waals surface area contributed by atoms with E-state index in [9.17, 15) is 4.79 Å². The van der Waals surface area contributed by atoms with Gasteiger partial charge in [-0.1, -0.05) is 0 Å². The monoisotopic (exact) mass is 147 g/mol. The van der Waals surface area contributed by atoms with Crippen molar-refractivity contribution in [3.63, 3.8) is 0 Å². The molecule has 1 fully saturated rings. The van der Waals surface area contributed by atoms with E-state index in [4.69, 9.17) is 4.74 Å². The molecule has 1 aliphatic heterocycles. The predicted octanol–water partition coefficient (Wildman–Crippen LogP) is -0.569. The van der Waals surface area contributed by atoms with Crippen molar-refractivity contribution in [2.24, 2.45) is 0 Å². The number of thiol groups is 1. The Bertz CT molecular complexity index is 118. The van der Waals surface area contributed by atoms with E-state index in [1.807, 2.05) is 0 Å². The minimum Gasteiger partial charge on any atom is -0.378 e. The Morgan fingerprint density at radius 3 is 3.33 bits per heavy atom. The van der Waals surface area contributed by atoms with Crippen molar-refractivity contribution in [2.75, 3.05) is 19.8 Å². The van der Waals surface area contributed by atoms with Gasteiger partial charge in [-0.2, -0.15) is 12.6 Å². The number of ether oxygens (including phenoxy) is 1. The summed E-state index contributed by atoms with van der Waals surface area (Å²) < 4.78 is 5.02. The molecule has 0 aromatic carbocycles. The first-order chi connectivity index (χ1) is 4.30. The van der Waals surface area contributed by atoms with Gasteiger partial charge in [0.2, 0.25) is 5.91 Å². The number of carbonyl (C=O) groups excluding carboxylic acids is 1.